The first-order chi connectivity index (χ1) is 14.0. The molecule has 0 radical (unpaired) electrons. The van der Waals surface area contributed by atoms with E-state index in [9.17, 15) is 22.4 Å². The van der Waals surface area contributed by atoms with Gasteiger partial charge in [0.1, 0.15) is 10.7 Å². The second kappa shape index (κ2) is 9.90. The molecule has 0 saturated carbocycles. The van der Waals surface area contributed by atoms with Crippen molar-refractivity contribution in [3.05, 3.63) is 58.9 Å². The Bertz CT molecular complexity index is 1030. The Hall–Kier alpha value is -2.65. The zero-order valence-electron chi connectivity index (χ0n) is 16.6. The fourth-order valence-electron chi connectivity index (χ4n) is 2.24. The molecule has 162 valence electrons. The molecular weight excluding hydrogens is 435 g/mol. The maximum atomic E-state index is 13.0. The summed E-state index contributed by atoms with van der Waals surface area (Å²) >= 11 is 6.00. The van der Waals surface area contributed by atoms with E-state index in [4.69, 9.17) is 16.3 Å². The number of nitrogens with one attached hydrogen (secondary N) is 2. The zero-order valence-corrected chi connectivity index (χ0v) is 18.2. The molecule has 0 aliphatic carbocycles. The van der Waals surface area contributed by atoms with Gasteiger partial charge in [-0.1, -0.05) is 25.4 Å². The lowest BCUT2D eigenvalue weighted by molar-refractivity contribution is -0.125. The van der Waals surface area contributed by atoms with Gasteiger partial charge in [-0.3, -0.25) is 9.52 Å². The first kappa shape index (κ1) is 23.6. The molecule has 1 atom stereocenters. The highest BCUT2D eigenvalue weighted by Crippen LogP contribution is 2.25. The van der Waals surface area contributed by atoms with Crippen molar-refractivity contribution in [1.82, 2.24) is 5.32 Å². The van der Waals surface area contributed by atoms with Crippen molar-refractivity contribution < 1.29 is 27.1 Å². The number of benzene rings is 2. The molecule has 0 fully saturated rings. The van der Waals surface area contributed by atoms with Gasteiger partial charge in [0, 0.05) is 11.7 Å². The Kier molecular flexibility index (Phi) is 7.80. The predicted octanol–water partition coefficient (Wildman–Crippen LogP) is 3.60. The maximum Gasteiger partial charge on any atom is 0.338 e. The quantitative estimate of drug-likeness (QED) is 0.591. The van der Waals surface area contributed by atoms with Gasteiger partial charge in [0.25, 0.3) is 15.9 Å². The van der Waals surface area contributed by atoms with E-state index in [2.05, 4.69) is 10.0 Å². The molecule has 10 heteroatoms. The van der Waals surface area contributed by atoms with Crippen molar-refractivity contribution in [3.8, 4) is 0 Å². The van der Waals surface area contributed by atoms with E-state index in [1.807, 2.05) is 20.8 Å². The number of halogens is 2. The molecule has 0 saturated heterocycles. The summed E-state index contributed by atoms with van der Waals surface area (Å²) in [4.78, 5) is 23.8. The van der Waals surface area contributed by atoms with Crippen LogP contribution in [-0.4, -0.2) is 32.9 Å². The van der Waals surface area contributed by atoms with Crippen molar-refractivity contribution in [2.75, 3.05) is 11.3 Å². The van der Waals surface area contributed by atoms with Crippen LogP contribution in [0, 0.1) is 11.7 Å². The Morgan fingerprint density at radius 2 is 1.73 bits per heavy atom. The second-order valence-corrected chi connectivity index (χ2v) is 8.99. The van der Waals surface area contributed by atoms with Gasteiger partial charge in [-0.05, 0) is 55.3 Å². The highest BCUT2D eigenvalue weighted by molar-refractivity contribution is 7.92. The maximum absolute atomic E-state index is 13.0. The Labute approximate surface area is 179 Å². The van der Waals surface area contributed by atoms with Crippen molar-refractivity contribution in [1.29, 1.82) is 0 Å². The average molecular weight is 457 g/mol. The highest BCUT2D eigenvalue weighted by atomic mass is 35.5. The summed E-state index contributed by atoms with van der Waals surface area (Å²) in [6, 6.07) is 8.16. The molecule has 0 aliphatic heterocycles. The third-order valence-electron chi connectivity index (χ3n) is 4.28. The Balaban J connectivity index is 2.12. The number of hydrogen-bond donors (Lipinski definition) is 2. The van der Waals surface area contributed by atoms with Crippen molar-refractivity contribution in [3.63, 3.8) is 0 Å². The normalized spacial score (nSPS) is 12.3. The lowest BCUT2D eigenvalue weighted by Gasteiger charge is -2.17. The molecule has 0 bridgehead atoms. The van der Waals surface area contributed by atoms with Crippen molar-refractivity contribution in [2.45, 2.75) is 31.7 Å². The minimum absolute atomic E-state index is 0.0939. The third kappa shape index (κ3) is 6.43. The monoisotopic (exact) mass is 456 g/mol. The van der Waals surface area contributed by atoms with Crippen LogP contribution in [0.15, 0.2) is 47.4 Å². The summed E-state index contributed by atoms with van der Waals surface area (Å²) in [5.41, 5.74) is 0.0278. The molecule has 0 aromatic heterocycles. The molecule has 7 nitrogen and oxygen atoms in total. The molecule has 0 heterocycles. The van der Waals surface area contributed by atoms with Gasteiger partial charge >= 0.3 is 5.97 Å². The Morgan fingerprint density at radius 1 is 1.10 bits per heavy atom. The van der Waals surface area contributed by atoms with E-state index in [0.29, 0.717) is 0 Å². The van der Waals surface area contributed by atoms with Gasteiger partial charge in [-0.2, -0.15) is 0 Å². The van der Waals surface area contributed by atoms with Gasteiger partial charge < -0.3 is 10.1 Å². The summed E-state index contributed by atoms with van der Waals surface area (Å²) in [7, 11) is -4.16. The van der Waals surface area contributed by atoms with E-state index >= 15 is 0 Å². The number of sulfonamides is 1. The molecule has 2 N–H and O–H groups in total. The number of hydrogen-bond acceptors (Lipinski definition) is 5. The summed E-state index contributed by atoms with van der Waals surface area (Å²) in [5, 5.41) is 2.57. The summed E-state index contributed by atoms with van der Waals surface area (Å²) < 4.78 is 45.5. The first-order valence-corrected chi connectivity index (χ1v) is 10.9. The molecule has 0 spiro atoms. The molecule has 30 heavy (non-hydrogen) atoms. The smallest absolute Gasteiger partial charge is 0.338 e. The van der Waals surface area contributed by atoms with Gasteiger partial charge in [0.2, 0.25) is 0 Å². The van der Waals surface area contributed by atoms with E-state index in [-0.39, 0.29) is 33.1 Å². The van der Waals surface area contributed by atoms with Gasteiger partial charge in [-0.15, -0.1) is 0 Å². The molecular formula is C20H22ClFN2O5S. The number of carbonyl (C=O) groups excluding carboxylic acids is 2. The predicted molar refractivity (Wildman–Crippen MR) is 111 cm³/mol. The minimum Gasteiger partial charge on any atom is -0.452 e. The number of esters is 1. The molecule has 0 unspecified atom stereocenters. The number of rotatable bonds is 8. The van der Waals surface area contributed by atoms with Crippen LogP contribution in [0.2, 0.25) is 5.02 Å². The fraction of sp³-hybridized carbons (Fsp3) is 0.300. The molecule has 0 aliphatic rings. The number of ether oxygens (including phenoxy) is 1. The number of carbonyl (C=O) groups is 2. The van der Waals surface area contributed by atoms with Crippen molar-refractivity contribution in [2.24, 2.45) is 5.92 Å². The highest BCUT2D eigenvalue weighted by Gasteiger charge is 2.21. The van der Waals surface area contributed by atoms with Gasteiger partial charge in [0.15, 0.2) is 6.61 Å². The van der Waals surface area contributed by atoms with Crippen LogP contribution in [0.3, 0.4) is 0 Å². The Morgan fingerprint density at radius 3 is 2.33 bits per heavy atom. The minimum atomic E-state index is -4.16. The van der Waals surface area contributed by atoms with Crippen LogP contribution in [-0.2, 0) is 19.6 Å². The standard InChI is InChI=1S/C20H22ClFN2O5S/c1-12(2)13(3)23-19(25)11-29-20(26)14-4-9-17(21)18(10-14)30(27,28)24-16-7-5-15(22)6-8-16/h4-10,12-13,24H,11H2,1-3H3,(H,23,25)/t13-/m0/s1. The van der Waals surface area contributed by atoms with Crippen LogP contribution >= 0.6 is 11.6 Å². The van der Waals surface area contributed by atoms with E-state index in [1.54, 1.807) is 0 Å². The summed E-state index contributed by atoms with van der Waals surface area (Å²) in [6.45, 7) is 5.20. The fourth-order valence-corrected chi connectivity index (χ4v) is 3.83. The first-order valence-electron chi connectivity index (χ1n) is 9.04. The largest absolute Gasteiger partial charge is 0.452 e. The van der Waals surface area contributed by atoms with Gasteiger partial charge in [0.05, 0.1) is 10.6 Å². The third-order valence-corrected chi connectivity index (χ3v) is 6.14. The van der Waals surface area contributed by atoms with Crippen LogP contribution in [0.5, 0.6) is 0 Å². The zero-order chi connectivity index (χ0) is 22.5. The molecule has 2 aromatic carbocycles. The molecule has 2 aromatic rings. The molecule has 1 amide bonds. The SMILES string of the molecule is CC(C)[C@H](C)NC(=O)COC(=O)c1ccc(Cl)c(S(=O)(=O)Nc2ccc(F)cc2)c1. The second-order valence-electron chi connectivity index (χ2n) is 6.93. The number of amides is 1. The lowest BCUT2D eigenvalue weighted by atomic mass is 10.1. The van der Waals surface area contributed by atoms with E-state index < -0.39 is 34.3 Å². The lowest BCUT2D eigenvalue weighted by Crippen LogP contribution is -2.38. The van der Waals surface area contributed by atoms with E-state index in [0.717, 1.165) is 18.2 Å². The molecule has 2 rings (SSSR count). The van der Waals surface area contributed by atoms with Crippen LogP contribution in [0.1, 0.15) is 31.1 Å². The topological polar surface area (TPSA) is 102 Å². The summed E-state index contributed by atoms with van der Waals surface area (Å²) in [6.07, 6.45) is 0. The summed E-state index contributed by atoms with van der Waals surface area (Å²) in [5.74, 6) is -1.66. The van der Waals surface area contributed by atoms with Crippen LogP contribution < -0.4 is 10.0 Å². The van der Waals surface area contributed by atoms with Gasteiger partial charge in [-0.25, -0.2) is 17.6 Å². The van der Waals surface area contributed by atoms with E-state index in [1.165, 1.54) is 24.3 Å². The van der Waals surface area contributed by atoms with Crippen LogP contribution in [0.4, 0.5) is 10.1 Å². The van der Waals surface area contributed by atoms with Crippen LogP contribution in [0.25, 0.3) is 0 Å². The van der Waals surface area contributed by atoms with Crippen molar-refractivity contribution >= 4 is 39.2 Å². The number of anilines is 1. The average Bonchev–Trinajstić information content (AvgIpc) is 2.67.